The number of hydrogen-bond donors (Lipinski definition) is 0. The van der Waals surface area contributed by atoms with E-state index in [-0.39, 0.29) is 11.3 Å². The number of carbonyl (C=O) groups excluding carboxylic acids is 1. The quantitative estimate of drug-likeness (QED) is 0.623. The van der Waals surface area contributed by atoms with Crippen molar-refractivity contribution in [2.75, 3.05) is 7.11 Å². The Morgan fingerprint density at radius 3 is 2.55 bits per heavy atom. The molecule has 0 bridgehead atoms. The molecule has 2 heterocycles. The number of Topliss-reactive ketones (excluding diaryl/α,β-unsaturated/α-hetero) is 1. The number of hydrogen-bond acceptors (Lipinski definition) is 5. The Labute approximate surface area is 184 Å². The number of methoxy groups -OCH3 is 1. The zero-order valence-electron chi connectivity index (χ0n) is 17.5. The summed E-state index contributed by atoms with van der Waals surface area (Å²) in [5.74, 6) is 0.509. The molecule has 2 aromatic carbocycles. The number of ether oxygens (including phenoxy) is 1. The van der Waals surface area contributed by atoms with Gasteiger partial charge in [0.2, 0.25) is 0 Å². The van der Waals surface area contributed by atoms with E-state index in [4.69, 9.17) is 4.74 Å². The predicted molar refractivity (Wildman–Crippen MR) is 124 cm³/mol. The number of carbonyl (C=O) groups is 1. The SMILES string of the molecule is COc1ccccc1C1C(C(C)=O)=C(C)N=c2sc(=CC=Cc3ccccc3)c(=O)n21. The van der Waals surface area contributed by atoms with E-state index >= 15 is 0 Å². The lowest BCUT2D eigenvalue weighted by atomic mass is 9.93. The summed E-state index contributed by atoms with van der Waals surface area (Å²) in [4.78, 5) is 31.1. The van der Waals surface area contributed by atoms with Crippen LogP contribution in [0.3, 0.4) is 0 Å². The molecule has 0 radical (unpaired) electrons. The predicted octanol–water partition coefficient (Wildman–Crippen LogP) is 3.50. The van der Waals surface area contributed by atoms with Crippen molar-refractivity contribution < 1.29 is 9.53 Å². The molecule has 0 saturated carbocycles. The molecule has 6 heteroatoms. The molecule has 1 aliphatic rings. The Morgan fingerprint density at radius 1 is 1.13 bits per heavy atom. The minimum Gasteiger partial charge on any atom is -0.496 e. The zero-order valence-corrected chi connectivity index (χ0v) is 18.3. The van der Waals surface area contributed by atoms with Crippen molar-refractivity contribution in [1.82, 2.24) is 4.57 Å². The maximum Gasteiger partial charge on any atom is 0.271 e. The normalized spacial score (nSPS) is 16.4. The molecule has 1 aromatic heterocycles. The van der Waals surface area contributed by atoms with Gasteiger partial charge in [0.25, 0.3) is 5.56 Å². The van der Waals surface area contributed by atoms with Gasteiger partial charge in [-0.25, -0.2) is 4.99 Å². The molecule has 5 nitrogen and oxygen atoms in total. The van der Waals surface area contributed by atoms with E-state index in [9.17, 15) is 9.59 Å². The fourth-order valence-corrected chi connectivity index (χ4v) is 4.78. The van der Waals surface area contributed by atoms with Crippen LogP contribution in [0.2, 0.25) is 0 Å². The molecule has 1 atom stereocenters. The van der Waals surface area contributed by atoms with E-state index < -0.39 is 6.04 Å². The highest BCUT2D eigenvalue weighted by molar-refractivity contribution is 7.07. The Hall–Kier alpha value is -3.51. The molecule has 0 fully saturated rings. The molecular weight excluding hydrogens is 408 g/mol. The Morgan fingerprint density at radius 2 is 1.84 bits per heavy atom. The first-order chi connectivity index (χ1) is 15.0. The van der Waals surface area contributed by atoms with E-state index in [0.29, 0.717) is 26.4 Å². The van der Waals surface area contributed by atoms with Crippen molar-refractivity contribution in [2.24, 2.45) is 4.99 Å². The number of para-hydroxylation sites is 1. The van der Waals surface area contributed by atoms with Crippen LogP contribution in [-0.4, -0.2) is 17.5 Å². The van der Waals surface area contributed by atoms with Gasteiger partial charge in [-0.05, 0) is 31.6 Å². The first-order valence-electron chi connectivity index (χ1n) is 9.89. The van der Waals surface area contributed by atoms with Crippen LogP contribution in [0.4, 0.5) is 0 Å². The molecule has 156 valence electrons. The summed E-state index contributed by atoms with van der Waals surface area (Å²) in [6.07, 6.45) is 5.60. The van der Waals surface area contributed by atoms with Crippen molar-refractivity contribution in [3.05, 3.63) is 103 Å². The zero-order chi connectivity index (χ0) is 22.0. The van der Waals surface area contributed by atoms with E-state index in [2.05, 4.69) is 4.99 Å². The van der Waals surface area contributed by atoms with Crippen LogP contribution in [0.1, 0.15) is 31.0 Å². The van der Waals surface area contributed by atoms with Crippen molar-refractivity contribution in [1.29, 1.82) is 0 Å². The Balaban J connectivity index is 1.90. The summed E-state index contributed by atoms with van der Waals surface area (Å²) in [5.41, 5.74) is 2.76. The fraction of sp³-hybridized carbons (Fsp3) is 0.160. The van der Waals surface area contributed by atoms with Crippen LogP contribution in [0.5, 0.6) is 5.75 Å². The topological polar surface area (TPSA) is 60.7 Å². The second-order valence-corrected chi connectivity index (χ2v) is 8.18. The molecule has 0 N–H and O–H groups in total. The third kappa shape index (κ3) is 3.94. The third-order valence-electron chi connectivity index (χ3n) is 5.17. The van der Waals surface area contributed by atoms with E-state index in [1.54, 1.807) is 17.8 Å². The van der Waals surface area contributed by atoms with Gasteiger partial charge >= 0.3 is 0 Å². The maximum atomic E-state index is 13.4. The van der Waals surface area contributed by atoms with Crippen LogP contribution in [0.25, 0.3) is 12.2 Å². The summed E-state index contributed by atoms with van der Waals surface area (Å²) in [6, 6.07) is 16.8. The minimum absolute atomic E-state index is 0.115. The average molecular weight is 431 g/mol. The fourth-order valence-electron chi connectivity index (χ4n) is 3.78. The minimum atomic E-state index is -0.579. The van der Waals surface area contributed by atoms with Crippen molar-refractivity contribution >= 4 is 29.3 Å². The van der Waals surface area contributed by atoms with Gasteiger partial charge in [0.05, 0.1) is 17.7 Å². The van der Waals surface area contributed by atoms with Gasteiger partial charge < -0.3 is 4.74 Å². The van der Waals surface area contributed by atoms with E-state index in [1.807, 2.05) is 73.7 Å². The van der Waals surface area contributed by atoms with Crippen LogP contribution >= 0.6 is 11.3 Å². The van der Waals surface area contributed by atoms with Crippen LogP contribution < -0.4 is 19.6 Å². The molecule has 1 unspecified atom stereocenters. The number of benzene rings is 2. The smallest absolute Gasteiger partial charge is 0.271 e. The summed E-state index contributed by atoms with van der Waals surface area (Å²) in [6.45, 7) is 3.32. The molecule has 1 aliphatic heterocycles. The summed E-state index contributed by atoms with van der Waals surface area (Å²) >= 11 is 1.32. The molecule has 0 aliphatic carbocycles. The molecule has 3 aromatic rings. The second-order valence-electron chi connectivity index (χ2n) is 7.17. The first kappa shape index (κ1) is 20.8. The average Bonchev–Trinajstić information content (AvgIpc) is 3.08. The van der Waals surface area contributed by atoms with Crippen molar-refractivity contribution in [3.8, 4) is 5.75 Å². The number of thiazole rings is 1. The van der Waals surface area contributed by atoms with Gasteiger partial charge in [0.15, 0.2) is 10.6 Å². The van der Waals surface area contributed by atoms with Crippen LogP contribution in [-0.2, 0) is 4.79 Å². The van der Waals surface area contributed by atoms with Gasteiger partial charge in [-0.1, -0.05) is 72.0 Å². The number of fused-ring (bicyclic) bond motifs is 1. The van der Waals surface area contributed by atoms with Gasteiger partial charge in [0.1, 0.15) is 5.75 Å². The molecule has 31 heavy (non-hydrogen) atoms. The van der Waals surface area contributed by atoms with Gasteiger partial charge in [0, 0.05) is 16.8 Å². The lowest BCUT2D eigenvalue weighted by molar-refractivity contribution is -0.114. The number of nitrogens with zero attached hydrogens (tertiary/aromatic N) is 2. The lowest BCUT2D eigenvalue weighted by Gasteiger charge is -2.25. The second kappa shape index (κ2) is 8.70. The van der Waals surface area contributed by atoms with Crippen LogP contribution in [0.15, 0.2) is 81.7 Å². The van der Waals surface area contributed by atoms with Crippen molar-refractivity contribution in [3.63, 3.8) is 0 Å². The van der Waals surface area contributed by atoms with Crippen LogP contribution in [0, 0.1) is 0 Å². The van der Waals surface area contributed by atoms with Crippen molar-refractivity contribution in [2.45, 2.75) is 19.9 Å². The number of aromatic nitrogens is 1. The number of ketones is 1. The number of allylic oxidation sites excluding steroid dienone is 3. The molecule has 0 saturated heterocycles. The monoisotopic (exact) mass is 430 g/mol. The molecule has 4 rings (SSSR count). The Bertz CT molecular complexity index is 1380. The Kier molecular flexibility index (Phi) is 5.82. The van der Waals surface area contributed by atoms with Gasteiger partial charge in [-0.2, -0.15) is 0 Å². The highest BCUT2D eigenvalue weighted by atomic mass is 32.1. The first-order valence-corrected chi connectivity index (χ1v) is 10.7. The summed E-state index contributed by atoms with van der Waals surface area (Å²) in [7, 11) is 1.58. The highest BCUT2D eigenvalue weighted by Crippen LogP contribution is 2.35. The standard InChI is InChI=1S/C25H22N2O3S/c1-16-22(17(2)28)23(19-13-7-8-14-20(19)30-3)27-24(29)21(31-25(27)26-16)15-9-12-18-10-5-4-6-11-18/h4-15,23H,1-3H3. The van der Waals surface area contributed by atoms with Gasteiger partial charge in [-0.3, -0.25) is 14.2 Å². The molecule has 0 amide bonds. The third-order valence-corrected chi connectivity index (χ3v) is 6.17. The lowest BCUT2D eigenvalue weighted by Crippen LogP contribution is -2.39. The molecular formula is C25H22N2O3S. The number of rotatable bonds is 5. The largest absolute Gasteiger partial charge is 0.496 e. The van der Waals surface area contributed by atoms with E-state index in [1.165, 1.54) is 18.3 Å². The summed E-state index contributed by atoms with van der Waals surface area (Å²) < 4.78 is 7.71. The summed E-state index contributed by atoms with van der Waals surface area (Å²) in [5, 5.41) is 0. The highest BCUT2D eigenvalue weighted by Gasteiger charge is 2.32. The maximum absolute atomic E-state index is 13.4. The van der Waals surface area contributed by atoms with E-state index in [0.717, 1.165) is 11.1 Å². The molecule has 0 spiro atoms. The van der Waals surface area contributed by atoms with Gasteiger partial charge in [-0.15, -0.1) is 0 Å².